The number of carbonyl (C=O) groups is 1. The molecule has 1 amide bonds. The summed E-state index contributed by atoms with van der Waals surface area (Å²) in [5.74, 6) is 0.915. The maximum absolute atomic E-state index is 13.4. The summed E-state index contributed by atoms with van der Waals surface area (Å²) in [6, 6.07) is 11.6. The number of benzene rings is 2. The first-order chi connectivity index (χ1) is 20.2. The van der Waals surface area contributed by atoms with Gasteiger partial charge in [0.2, 0.25) is 10.0 Å². The Morgan fingerprint density at radius 2 is 2.02 bits per heavy atom. The number of hydrogen-bond donors (Lipinski definition) is 1. The molecule has 9 heteroatoms. The average Bonchev–Trinajstić information content (AvgIpc) is 3.10. The van der Waals surface area contributed by atoms with Crippen molar-refractivity contribution in [3.05, 3.63) is 70.3 Å². The first kappa shape index (κ1) is 29.5. The van der Waals surface area contributed by atoms with Crippen molar-refractivity contribution in [2.75, 3.05) is 31.7 Å². The fourth-order valence-electron chi connectivity index (χ4n) is 7.55. The van der Waals surface area contributed by atoms with E-state index in [2.05, 4.69) is 33.9 Å². The monoisotopic (exact) mass is 612 g/mol. The number of sulfonamides is 1. The number of fused-ring (bicyclic) bond motifs is 4. The second kappa shape index (κ2) is 11.9. The summed E-state index contributed by atoms with van der Waals surface area (Å²) in [5.41, 5.74) is 3.50. The van der Waals surface area contributed by atoms with Gasteiger partial charge in [0.25, 0.3) is 5.91 Å². The summed E-state index contributed by atoms with van der Waals surface area (Å²) in [7, 11) is -2.09. The average molecular weight is 613 g/mol. The van der Waals surface area contributed by atoms with E-state index in [0.29, 0.717) is 43.3 Å². The lowest BCUT2D eigenvalue weighted by Gasteiger charge is -2.46. The molecule has 0 saturated heterocycles. The van der Waals surface area contributed by atoms with E-state index < -0.39 is 21.2 Å². The second-order valence-electron chi connectivity index (χ2n) is 12.5. The van der Waals surface area contributed by atoms with E-state index in [1.165, 1.54) is 11.1 Å². The Kier molecular flexibility index (Phi) is 8.33. The van der Waals surface area contributed by atoms with Gasteiger partial charge in [0.15, 0.2) is 0 Å². The Balaban J connectivity index is 1.42. The van der Waals surface area contributed by atoms with Crippen molar-refractivity contribution in [2.45, 2.75) is 75.1 Å². The fraction of sp³-hybridized carbons (Fsp3) is 0.545. The van der Waals surface area contributed by atoms with Crippen molar-refractivity contribution in [3.8, 4) is 5.75 Å². The van der Waals surface area contributed by atoms with Crippen LogP contribution in [0.5, 0.6) is 5.75 Å². The van der Waals surface area contributed by atoms with Gasteiger partial charge in [-0.25, -0.2) is 13.1 Å². The standard InChI is InChI=1S/C33H41ClN2O5S/c1-3-26-8-4-5-9-30(40-2)27-13-10-24(27)19-36-20-33(16-6-7-22-17-25(34)12-14-28(22)33)21-41-31-15-11-23(18-29(31)36)32(37)35-42(26,38)39/h5,9,11-12,14-15,17-18,24,26-27,30H,3-4,6-8,10,13,16,19-21H2,1-2H3,(H,35,37)/b9-5-/t24-,26+,27+,30+,33-/m0/s1. The Labute approximate surface area is 254 Å². The lowest BCUT2D eigenvalue weighted by Crippen LogP contribution is -2.49. The molecule has 6 rings (SSSR count). The Bertz CT molecular complexity index is 1480. The van der Waals surface area contributed by atoms with Gasteiger partial charge >= 0.3 is 0 Å². The third-order valence-electron chi connectivity index (χ3n) is 10.0. The zero-order valence-electron chi connectivity index (χ0n) is 24.5. The van der Waals surface area contributed by atoms with Crippen LogP contribution in [0, 0.1) is 11.8 Å². The number of carbonyl (C=O) groups excluding carboxylic acids is 1. The normalized spacial score (nSPS) is 31.5. The summed E-state index contributed by atoms with van der Waals surface area (Å²) < 4.78 is 41.4. The van der Waals surface area contributed by atoms with Crippen LogP contribution in [0.3, 0.4) is 0 Å². The van der Waals surface area contributed by atoms with Gasteiger partial charge in [-0.15, -0.1) is 0 Å². The summed E-state index contributed by atoms with van der Waals surface area (Å²) in [5, 5.41) is 0.0948. The molecule has 0 aromatic heterocycles. The number of allylic oxidation sites excluding steroid dienone is 1. The number of nitrogens with zero attached hydrogens (tertiary/aromatic N) is 1. The maximum Gasteiger partial charge on any atom is 0.264 e. The highest BCUT2D eigenvalue weighted by Crippen LogP contribution is 2.47. The number of nitrogens with one attached hydrogen (secondary N) is 1. The summed E-state index contributed by atoms with van der Waals surface area (Å²) >= 11 is 6.40. The molecular formula is C33H41ClN2O5S. The largest absolute Gasteiger partial charge is 0.490 e. The minimum absolute atomic E-state index is 0.0198. The molecule has 2 aromatic carbocycles. The van der Waals surface area contributed by atoms with Crippen LogP contribution in [0.1, 0.15) is 73.4 Å². The summed E-state index contributed by atoms with van der Waals surface area (Å²) in [6.45, 7) is 3.92. The highest BCUT2D eigenvalue weighted by atomic mass is 35.5. The zero-order valence-corrected chi connectivity index (χ0v) is 26.1. The van der Waals surface area contributed by atoms with Crippen LogP contribution >= 0.6 is 11.6 Å². The lowest BCUT2D eigenvalue weighted by molar-refractivity contribution is 0.0132. The highest BCUT2D eigenvalue weighted by Gasteiger charge is 2.44. The van der Waals surface area contributed by atoms with Gasteiger partial charge in [-0.05, 0) is 105 Å². The van der Waals surface area contributed by atoms with E-state index in [4.69, 9.17) is 21.1 Å². The molecule has 1 fully saturated rings. The molecule has 0 unspecified atom stereocenters. The molecule has 2 aliphatic heterocycles. The number of ether oxygens (including phenoxy) is 2. The Hall–Kier alpha value is -2.55. The van der Waals surface area contributed by atoms with Gasteiger partial charge in [0.05, 0.1) is 23.6 Å². The molecule has 1 saturated carbocycles. The van der Waals surface area contributed by atoms with Crippen LogP contribution in [0.4, 0.5) is 5.69 Å². The topological polar surface area (TPSA) is 84.9 Å². The van der Waals surface area contributed by atoms with E-state index in [9.17, 15) is 13.2 Å². The van der Waals surface area contributed by atoms with E-state index in [0.717, 1.165) is 61.7 Å². The molecule has 1 N–H and O–H groups in total. The third-order valence-corrected chi connectivity index (χ3v) is 12.2. The van der Waals surface area contributed by atoms with E-state index >= 15 is 0 Å². The number of hydrogen-bond acceptors (Lipinski definition) is 6. The molecule has 1 spiro atoms. The van der Waals surface area contributed by atoms with Crippen molar-refractivity contribution in [1.29, 1.82) is 0 Å². The molecule has 2 bridgehead atoms. The molecule has 4 aliphatic rings. The smallest absolute Gasteiger partial charge is 0.264 e. The molecule has 7 nitrogen and oxygen atoms in total. The molecule has 2 aliphatic carbocycles. The van der Waals surface area contributed by atoms with Crippen LogP contribution < -0.4 is 14.4 Å². The van der Waals surface area contributed by atoms with Gasteiger partial charge in [-0.2, -0.15) is 0 Å². The van der Waals surface area contributed by atoms with Crippen LogP contribution in [0.2, 0.25) is 5.02 Å². The molecule has 5 atom stereocenters. The van der Waals surface area contributed by atoms with E-state index in [1.54, 1.807) is 13.2 Å². The number of rotatable bonds is 2. The molecule has 226 valence electrons. The quantitative estimate of drug-likeness (QED) is 0.416. The van der Waals surface area contributed by atoms with Crippen molar-refractivity contribution in [2.24, 2.45) is 11.8 Å². The lowest BCUT2D eigenvalue weighted by atomic mass is 9.68. The molecule has 0 radical (unpaired) electrons. The number of aryl methyl sites for hydroxylation is 1. The molecule has 42 heavy (non-hydrogen) atoms. The number of methoxy groups -OCH3 is 1. The second-order valence-corrected chi connectivity index (χ2v) is 14.9. The summed E-state index contributed by atoms with van der Waals surface area (Å²) in [6.07, 6.45) is 10.9. The van der Waals surface area contributed by atoms with Gasteiger partial charge < -0.3 is 14.4 Å². The van der Waals surface area contributed by atoms with Gasteiger partial charge in [-0.3, -0.25) is 4.79 Å². The highest BCUT2D eigenvalue weighted by molar-refractivity contribution is 7.90. The number of halogens is 1. The summed E-state index contributed by atoms with van der Waals surface area (Å²) in [4.78, 5) is 15.8. The van der Waals surface area contributed by atoms with Crippen LogP contribution in [0.15, 0.2) is 48.6 Å². The minimum Gasteiger partial charge on any atom is -0.490 e. The van der Waals surface area contributed by atoms with Crippen LogP contribution in [-0.4, -0.2) is 52.5 Å². The van der Waals surface area contributed by atoms with Crippen molar-refractivity contribution < 1.29 is 22.7 Å². The van der Waals surface area contributed by atoms with Crippen LogP contribution in [-0.2, 0) is 26.6 Å². The van der Waals surface area contributed by atoms with Gasteiger partial charge in [-0.1, -0.05) is 36.7 Å². The van der Waals surface area contributed by atoms with E-state index in [-0.39, 0.29) is 11.5 Å². The van der Waals surface area contributed by atoms with Gasteiger partial charge in [0, 0.05) is 36.2 Å². The Morgan fingerprint density at radius 3 is 2.79 bits per heavy atom. The predicted octanol–water partition coefficient (Wildman–Crippen LogP) is 6.04. The maximum atomic E-state index is 13.4. The van der Waals surface area contributed by atoms with Crippen molar-refractivity contribution >= 4 is 33.2 Å². The first-order valence-corrected chi connectivity index (χ1v) is 17.2. The number of anilines is 1. The molecular weight excluding hydrogens is 572 g/mol. The zero-order chi connectivity index (χ0) is 29.5. The Morgan fingerprint density at radius 1 is 1.17 bits per heavy atom. The minimum atomic E-state index is -3.85. The van der Waals surface area contributed by atoms with E-state index in [1.807, 2.05) is 25.1 Å². The fourth-order valence-corrected chi connectivity index (χ4v) is 9.17. The predicted molar refractivity (Wildman–Crippen MR) is 166 cm³/mol. The SMILES string of the molecule is CC[C@@H]1CC/C=C\[C@@H](OC)[C@@H]2CC[C@H]2CN2C[C@@]3(CCCc4cc(Cl)ccc43)COc3ccc(cc32)C(=O)NS1(=O)=O. The number of amides is 1. The van der Waals surface area contributed by atoms with Crippen molar-refractivity contribution in [1.82, 2.24) is 4.72 Å². The molecule has 2 aromatic rings. The molecule has 2 heterocycles. The first-order valence-electron chi connectivity index (χ1n) is 15.3. The third kappa shape index (κ3) is 5.58. The van der Waals surface area contributed by atoms with Gasteiger partial charge in [0.1, 0.15) is 5.75 Å². The van der Waals surface area contributed by atoms with Crippen molar-refractivity contribution in [3.63, 3.8) is 0 Å². The van der Waals surface area contributed by atoms with Crippen LogP contribution in [0.25, 0.3) is 0 Å².